The number of aromatic nitrogens is 4. The fraction of sp³-hybridized carbons (Fsp3) is 0.481. The van der Waals surface area contributed by atoms with Crippen LogP contribution in [0.3, 0.4) is 0 Å². The molecule has 10 heteroatoms. The van der Waals surface area contributed by atoms with Gasteiger partial charge in [-0.2, -0.15) is 4.98 Å². The molecule has 0 aliphatic heterocycles. The van der Waals surface area contributed by atoms with E-state index in [-0.39, 0.29) is 18.6 Å². The summed E-state index contributed by atoms with van der Waals surface area (Å²) in [7, 11) is 0.455. The van der Waals surface area contributed by atoms with E-state index in [0.29, 0.717) is 46.9 Å². The molecule has 0 aliphatic rings. The molecule has 0 fully saturated rings. The van der Waals surface area contributed by atoms with E-state index in [4.69, 9.17) is 30.5 Å². The maximum Gasteiger partial charge on any atom is 0.224 e. The molecule has 3 aromatic rings. The highest BCUT2D eigenvalue weighted by Crippen LogP contribution is 2.36. The van der Waals surface area contributed by atoms with Gasteiger partial charge in [0, 0.05) is 38.1 Å². The number of hydrogen-bond donors (Lipinski definition) is 0. The maximum absolute atomic E-state index is 6.25. The molecule has 0 saturated carbocycles. The second-order valence-corrected chi connectivity index (χ2v) is 16.3. The molecule has 0 bridgehead atoms. The minimum absolute atomic E-state index is 0.118. The largest absolute Gasteiger partial charge is 0.495 e. The van der Waals surface area contributed by atoms with Crippen LogP contribution in [-0.2, 0) is 4.74 Å². The van der Waals surface area contributed by atoms with Crippen molar-refractivity contribution in [2.45, 2.75) is 52.4 Å². The van der Waals surface area contributed by atoms with Gasteiger partial charge >= 0.3 is 0 Å². The smallest absolute Gasteiger partial charge is 0.224 e. The van der Waals surface area contributed by atoms with Gasteiger partial charge in [-0.25, -0.2) is 9.97 Å². The summed E-state index contributed by atoms with van der Waals surface area (Å²) in [6, 6.07) is 6.69. The summed E-state index contributed by atoms with van der Waals surface area (Å²) in [5.74, 6) is 2.66. The standard InChI is InChI=1S/C27H37ClN4O4Si/c1-18(19(2)24-9-8-21(33-4)13-30-24)16-35-27-23(14-29-20(3)32-27)22-12-26(28)31-15-25(22)36-17-34-10-11-37(5,6)7/h8-9,12-15,18-19H,10-11,16-17H2,1-7H3/t18?,19-/m0/s1. The number of halogens is 1. The first-order valence-corrected chi connectivity index (χ1v) is 16.5. The third kappa shape index (κ3) is 8.65. The predicted octanol–water partition coefficient (Wildman–Crippen LogP) is 6.41. The lowest BCUT2D eigenvalue weighted by Gasteiger charge is -2.21. The van der Waals surface area contributed by atoms with E-state index in [0.717, 1.165) is 17.5 Å². The molecular formula is C27H37ClN4O4Si. The zero-order chi connectivity index (χ0) is 27.0. The summed E-state index contributed by atoms with van der Waals surface area (Å²) >= 11 is 6.25. The summed E-state index contributed by atoms with van der Waals surface area (Å²) in [4.78, 5) is 17.7. The molecule has 0 aliphatic carbocycles. The van der Waals surface area contributed by atoms with Crippen molar-refractivity contribution in [2.75, 3.05) is 27.1 Å². The van der Waals surface area contributed by atoms with E-state index in [1.807, 2.05) is 19.1 Å². The molecule has 8 nitrogen and oxygen atoms in total. The van der Waals surface area contributed by atoms with Gasteiger partial charge in [-0.1, -0.05) is 45.1 Å². The van der Waals surface area contributed by atoms with E-state index in [1.165, 1.54) is 0 Å². The average Bonchev–Trinajstić information content (AvgIpc) is 2.87. The fourth-order valence-corrected chi connectivity index (χ4v) is 4.37. The van der Waals surface area contributed by atoms with E-state index < -0.39 is 8.07 Å². The molecule has 2 atom stereocenters. The maximum atomic E-state index is 6.25. The van der Waals surface area contributed by atoms with Crippen LogP contribution in [0, 0.1) is 12.8 Å². The Morgan fingerprint density at radius 1 is 0.973 bits per heavy atom. The molecule has 0 N–H and O–H groups in total. The topological polar surface area (TPSA) is 88.5 Å². The van der Waals surface area contributed by atoms with Gasteiger partial charge < -0.3 is 18.9 Å². The van der Waals surface area contributed by atoms with Crippen molar-refractivity contribution >= 4 is 19.7 Å². The Bertz CT molecular complexity index is 1160. The number of methoxy groups -OCH3 is 1. The van der Waals surface area contributed by atoms with Gasteiger partial charge in [-0.05, 0) is 37.1 Å². The van der Waals surface area contributed by atoms with Crippen LogP contribution in [-0.4, -0.2) is 55.1 Å². The highest BCUT2D eigenvalue weighted by atomic mass is 35.5. The van der Waals surface area contributed by atoms with Gasteiger partial charge in [-0.3, -0.25) is 4.98 Å². The highest BCUT2D eigenvalue weighted by molar-refractivity contribution is 6.76. The summed E-state index contributed by atoms with van der Waals surface area (Å²) < 4.78 is 23.1. The van der Waals surface area contributed by atoms with Gasteiger partial charge in [-0.15, -0.1) is 0 Å². The average molecular weight is 545 g/mol. The van der Waals surface area contributed by atoms with Gasteiger partial charge in [0.1, 0.15) is 22.5 Å². The van der Waals surface area contributed by atoms with Crippen molar-refractivity contribution in [3.8, 4) is 28.5 Å². The van der Waals surface area contributed by atoms with Crippen molar-refractivity contribution in [2.24, 2.45) is 5.92 Å². The van der Waals surface area contributed by atoms with Gasteiger partial charge in [0.2, 0.25) is 5.88 Å². The molecule has 3 aromatic heterocycles. The third-order valence-electron chi connectivity index (χ3n) is 6.09. The molecule has 0 aromatic carbocycles. The lowest BCUT2D eigenvalue weighted by atomic mass is 9.93. The molecule has 0 saturated heterocycles. The van der Waals surface area contributed by atoms with Crippen LogP contribution in [0.15, 0.2) is 36.8 Å². The lowest BCUT2D eigenvalue weighted by Crippen LogP contribution is -2.22. The van der Waals surface area contributed by atoms with Crippen LogP contribution in [0.5, 0.6) is 17.4 Å². The number of hydrogen-bond acceptors (Lipinski definition) is 8. The first kappa shape index (κ1) is 28.8. The van der Waals surface area contributed by atoms with Crippen LogP contribution < -0.4 is 14.2 Å². The Balaban J connectivity index is 1.74. The fourth-order valence-electron chi connectivity index (χ4n) is 3.46. The molecule has 1 unspecified atom stereocenters. The SMILES string of the molecule is COc1ccc([C@@H](C)C(C)COc2nc(C)ncc2-c2cc(Cl)ncc2OCOCC[Si](C)(C)C)nc1. The number of rotatable bonds is 13. The highest BCUT2D eigenvalue weighted by Gasteiger charge is 2.20. The Hall–Kier alpha value is -2.75. The van der Waals surface area contributed by atoms with Gasteiger partial charge in [0.25, 0.3) is 0 Å². The molecule has 3 heterocycles. The van der Waals surface area contributed by atoms with Crippen molar-refractivity contribution in [3.05, 3.63) is 53.5 Å². The minimum atomic E-state index is -1.18. The second-order valence-electron chi connectivity index (χ2n) is 10.3. The van der Waals surface area contributed by atoms with Crippen molar-refractivity contribution in [1.29, 1.82) is 0 Å². The summed E-state index contributed by atoms with van der Waals surface area (Å²) in [6.07, 6.45) is 5.04. The number of pyridine rings is 2. The van der Waals surface area contributed by atoms with Crippen LogP contribution in [0.2, 0.25) is 30.8 Å². The van der Waals surface area contributed by atoms with Gasteiger partial charge in [0.15, 0.2) is 6.79 Å². The van der Waals surface area contributed by atoms with Crippen molar-refractivity contribution in [1.82, 2.24) is 19.9 Å². The molecule has 0 radical (unpaired) electrons. The number of aryl methyl sites for hydroxylation is 1. The Kier molecular flexibility index (Phi) is 10.3. The first-order chi connectivity index (χ1) is 17.6. The Morgan fingerprint density at radius 3 is 2.43 bits per heavy atom. The molecule has 200 valence electrons. The van der Waals surface area contributed by atoms with E-state index in [1.54, 1.807) is 31.8 Å². The monoisotopic (exact) mass is 544 g/mol. The van der Waals surface area contributed by atoms with Crippen LogP contribution in [0.4, 0.5) is 0 Å². The number of nitrogens with zero attached hydrogens (tertiary/aromatic N) is 4. The Labute approximate surface area is 225 Å². The Morgan fingerprint density at radius 2 is 1.76 bits per heavy atom. The van der Waals surface area contributed by atoms with E-state index in [9.17, 15) is 0 Å². The molecular weight excluding hydrogens is 508 g/mol. The lowest BCUT2D eigenvalue weighted by molar-refractivity contribution is 0.0222. The zero-order valence-corrected chi connectivity index (χ0v) is 24.5. The molecule has 37 heavy (non-hydrogen) atoms. The van der Waals surface area contributed by atoms with E-state index in [2.05, 4.69) is 53.4 Å². The minimum Gasteiger partial charge on any atom is -0.495 e. The molecule has 0 amide bonds. The van der Waals surface area contributed by atoms with Crippen molar-refractivity contribution in [3.63, 3.8) is 0 Å². The van der Waals surface area contributed by atoms with Gasteiger partial charge in [0.05, 0.1) is 31.7 Å². The summed E-state index contributed by atoms with van der Waals surface area (Å²) in [6.45, 7) is 14.2. The zero-order valence-electron chi connectivity index (χ0n) is 22.7. The first-order valence-electron chi connectivity index (χ1n) is 12.4. The number of ether oxygens (including phenoxy) is 4. The summed E-state index contributed by atoms with van der Waals surface area (Å²) in [5.41, 5.74) is 2.34. The van der Waals surface area contributed by atoms with E-state index >= 15 is 0 Å². The second kappa shape index (κ2) is 13.2. The van der Waals surface area contributed by atoms with Crippen LogP contribution >= 0.6 is 11.6 Å². The van der Waals surface area contributed by atoms with Crippen LogP contribution in [0.1, 0.15) is 31.3 Å². The van der Waals surface area contributed by atoms with Crippen molar-refractivity contribution < 1.29 is 18.9 Å². The molecule has 0 spiro atoms. The predicted molar refractivity (Wildman–Crippen MR) is 148 cm³/mol. The summed E-state index contributed by atoms with van der Waals surface area (Å²) in [5, 5.41) is 0.334. The normalized spacial score (nSPS) is 13.2. The quantitative estimate of drug-likeness (QED) is 0.105. The van der Waals surface area contributed by atoms with Crippen LogP contribution in [0.25, 0.3) is 11.1 Å². The third-order valence-corrected chi connectivity index (χ3v) is 8.00. The molecule has 3 rings (SSSR count).